The van der Waals surface area contributed by atoms with Gasteiger partial charge < -0.3 is 10.1 Å². The van der Waals surface area contributed by atoms with Crippen molar-refractivity contribution in [3.8, 4) is 5.75 Å². The summed E-state index contributed by atoms with van der Waals surface area (Å²) in [6.45, 7) is 4.16. The minimum atomic E-state index is -0.440. The Bertz CT molecular complexity index is 1320. The maximum atomic E-state index is 13.0. The Labute approximate surface area is 196 Å². The lowest BCUT2D eigenvalue weighted by molar-refractivity contribution is 0.102. The third kappa shape index (κ3) is 5.30. The average molecular weight is 460 g/mol. The van der Waals surface area contributed by atoms with Crippen molar-refractivity contribution in [2.45, 2.75) is 20.6 Å². The number of ether oxygens (including phenoxy) is 1. The number of halogens is 1. The standard InChI is InChI=1S/C26H22ClN3O3/c1-17-8-11-24(18(2)14-17)33-16-30-13-12-23(29-30)26(32)28-22-10-9-20(27)15-21(22)25(31)19-6-4-3-5-7-19/h3-15H,16H2,1-2H3,(H,28,32). The molecule has 1 N–H and O–H groups in total. The zero-order chi connectivity index (χ0) is 23.4. The summed E-state index contributed by atoms with van der Waals surface area (Å²) in [6, 6.07) is 21.1. The van der Waals surface area contributed by atoms with Gasteiger partial charge in [-0.2, -0.15) is 5.10 Å². The lowest BCUT2D eigenvalue weighted by atomic mass is 10.0. The van der Waals surface area contributed by atoms with Crippen LogP contribution in [0.15, 0.2) is 79.0 Å². The van der Waals surface area contributed by atoms with Gasteiger partial charge in [0.05, 0.1) is 5.69 Å². The van der Waals surface area contributed by atoms with Gasteiger partial charge in [-0.1, -0.05) is 59.6 Å². The Morgan fingerprint density at radius 1 is 1.00 bits per heavy atom. The lowest BCUT2D eigenvalue weighted by Crippen LogP contribution is -2.17. The number of benzene rings is 3. The first-order valence-corrected chi connectivity index (χ1v) is 10.7. The summed E-state index contributed by atoms with van der Waals surface area (Å²) < 4.78 is 7.35. The Balaban J connectivity index is 1.48. The molecular weight excluding hydrogens is 438 g/mol. The van der Waals surface area contributed by atoms with Crippen molar-refractivity contribution in [3.05, 3.63) is 112 Å². The molecule has 0 fully saturated rings. The van der Waals surface area contributed by atoms with Gasteiger partial charge in [0.1, 0.15) is 5.75 Å². The second-order valence-corrected chi connectivity index (χ2v) is 8.06. The molecule has 6 nitrogen and oxygen atoms in total. The first-order valence-electron chi connectivity index (χ1n) is 10.3. The zero-order valence-electron chi connectivity index (χ0n) is 18.2. The molecule has 0 atom stereocenters. The fraction of sp³-hybridized carbons (Fsp3) is 0.115. The van der Waals surface area contributed by atoms with Crippen LogP contribution in [0.2, 0.25) is 5.02 Å². The van der Waals surface area contributed by atoms with Crippen LogP contribution in [0.3, 0.4) is 0 Å². The van der Waals surface area contributed by atoms with Gasteiger partial charge in [-0.05, 0) is 49.7 Å². The third-order valence-electron chi connectivity index (χ3n) is 5.07. The monoisotopic (exact) mass is 459 g/mol. The smallest absolute Gasteiger partial charge is 0.276 e. The van der Waals surface area contributed by atoms with Gasteiger partial charge in [0.2, 0.25) is 0 Å². The molecule has 1 amide bonds. The number of anilines is 1. The van der Waals surface area contributed by atoms with Crippen molar-refractivity contribution in [3.63, 3.8) is 0 Å². The third-order valence-corrected chi connectivity index (χ3v) is 5.30. The molecular formula is C26H22ClN3O3. The van der Waals surface area contributed by atoms with Crippen LogP contribution in [-0.4, -0.2) is 21.5 Å². The first-order chi connectivity index (χ1) is 15.9. The molecule has 0 unspecified atom stereocenters. The molecule has 0 aliphatic heterocycles. The fourth-order valence-corrected chi connectivity index (χ4v) is 3.57. The molecule has 7 heteroatoms. The van der Waals surface area contributed by atoms with E-state index in [1.807, 2.05) is 38.1 Å². The molecule has 0 aliphatic rings. The van der Waals surface area contributed by atoms with Gasteiger partial charge in [0.25, 0.3) is 5.91 Å². The van der Waals surface area contributed by atoms with Crippen molar-refractivity contribution in [1.82, 2.24) is 9.78 Å². The summed E-state index contributed by atoms with van der Waals surface area (Å²) in [5, 5.41) is 7.46. The number of nitrogens with one attached hydrogen (secondary N) is 1. The van der Waals surface area contributed by atoms with Gasteiger partial charge in [-0.25, -0.2) is 4.68 Å². The van der Waals surface area contributed by atoms with Crippen molar-refractivity contribution >= 4 is 29.0 Å². The maximum absolute atomic E-state index is 13.0. The van der Waals surface area contributed by atoms with E-state index in [0.29, 0.717) is 21.8 Å². The number of carbonyl (C=O) groups is 2. The summed E-state index contributed by atoms with van der Waals surface area (Å²) in [5.41, 5.74) is 3.55. The number of nitrogens with zero attached hydrogens (tertiary/aromatic N) is 2. The van der Waals surface area contributed by atoms with E-state index in [1.54, 1.807) is 54.7 Å². The maximum Gasteiger partial charge on any atom is 0.276 e. The Kier molecular flexibility index (Phi) is 6.56. The van der Waals surface area contributed by atoms with Gasteiger partial charge in [-0.15, -0.1) is 0 Å². The molecule has 4 rings (SSSR count). The largest absolute Gasteiger partial charge is 0.471 e. The predicted molar refractivity (Wildman–Crippen MR) is 128 cm³/mol. The minimum Gasteiger partial charge on any atom is -0.471 e. The molecule has 0 spiro atoms. The van der Waals surface area contributed by atoms with Crippen LogP contribution in [0.25, 0.3) is 0 Å². The predicted octanol–water partition coefficient (Wildman–Crippen LogP) is 5.67. The minimum absolute atomic E-state index is 0.163. The van der Waals surface area contributed by atoms with Crippen molar-refractivity contribution < 1.29 is 14.3 Å². The lowest BCUT2D eigenvalue weighted by Gasteiger charge is -2.11. The quantitative estimate of drug-likeness (QED) is 0.361. The van der Waals surface area contributed by atoms with E-state index in [-0.39, 0.29) is 18.2 Å². The molecule has 0 saturated heterocycles. The van der Waals surface area contributed by atoms with Gasteiger partial charge in [0.15, 0.2) is 18.2 Å². The highest BCUT2D eigenvalue weighted by atomic mass is 35.5. The number of aromatic nitrogens is 2. The van der Waals surface area contributed by atoms with E-state index in [0.717, 1.165) is 16.9 Å². The van der Waals surface area contributed by atoms with Crippen molar-refractivity contribution in [1.29, 1.82) is 0 Å². The SMILES string of the molecule is Cc1ccc(OCn2ccc(C(=O)Nc3ccc(Cl)cc3C(=O)c3ccccc3)n2)c(C)c1. The molecule has 0 bridgehead atoms. The number of aryl methyl sites for hydroxylation is 2. The highest BCUT2D eigenvalue weighted by Gasteiger charge is 2.18. The van der Waals surface area contributed by atoms with E-state index in [9.17, 15) is 9.59 Å². The molecule has 1 heterocycles. The summed E-state index contributed by atoms with van der Waals surface area (Å²) in [5.74, 6) is 0.0813. The van der Waals surface area contributed by atoms with Crippen LogP contribution < -0.4 is 10.1 Å². The van der Waals surface area contributed by atoms with Crippen LogP contribution in [0, 0.1) is 13.8 Å². The van der Waals surface area contributed by atoms with Crippen LogP contribution in [-0.2, 0) is 6.73 Å². The second kappa shape index (κ2) is 9.71. The average Bonchev–Trinajstić information content (AvgIpc) is 3.29. The van der Waals surface area contributed by atoms with E-state index in [1.165, 1.54) is 4.68 Å². The molecule has 0 saturated carbocycles. The summed E-state index contributed by atoms with van der Waals surface area (Å²) in [7, 11) is 0. The molecule has 1 aromatic heterocycles. The molecule has 3 aromatic carbocycles. The summed E-state index contributed by atoms with van der Waals surface area (Å²) in [4.78, 5) is 25.8. The Morgan fingerprint density at radius 2 is 1.79 bits per heavy atom. The zero-order valence-corrected chi connectivity index (χ0v) is 19.0. The number of hydrogen-bond donors (Lipinski definition) is 1. The van der Waals surface area contributed by atoms with Crippen molar-refractivity contribution in [2.75, 3.05) is 5.32 Å². The Morgan fingerprint density at radius 3 is 2.55 bits per heavy atom. The number of amides is 1. The second-order valence-electron chi connectivity index (χ2n) is 7.62. The molecule has 0 aliphatic carbocycles. The highest BCUT2D eigenvalue weighted by molar-refractivity contribution is 6.31. The summed E-state index contributed by atoms with van der Waals surface area (Å²) in [6.07, 6.45) is 1.66. The number of ketones is 1. The Hall–Kier alpha value is -3.90. The molecule has 0 radical (unpaired) electrons. The highest BCUT2D eigenvalue weighted by Crippen LogP contribution is 2.24. The van der Waals surface area contributed by atoms with Gasteiger partial charge in [0, 0.05) is 22.3 Å². The molecule has 166 valence electrons. The summed E-state index contributed by atoms with van der Waals surface area (Å²) >= 11 is 6.12. The number of rotatable bonds is 7. The van der Waals surface area contributed by atoms with E-state index in [4.69, 9.17) is 16.3 Å². The topological polar surface area (TPSA) is 73.2 Å². The normalized spacial score (nSPS) is 10.6. The molecule has 33 heavy (non-hydrogen) atoms. The van der Waals surface area contributed by atoms with Crippen LogP contribution in [0.4, 0.5) is 5.69 Å². The number of hydrogen-bond acceptors (Lipinski definition) is 4. The number of carbonyl (C=O) groups excluding carboxylic acids is 2. The van der Waals surface area contributed by atoms with Crippen LogP contribution in [0.1, 0.15) is 37.5 Å². The van der Waals surface area contributed by atoms with Crippen LogP contribution in [0.5, 0.6) is 5.75 Å². The van der Waals surface area contributed by atoms with E-state index >= 15 is 0 Å². The first kappa shape index (κ1) is 22.3. The van der Waals surface area contributed by atoms with E-state index in [2.05, 4.69) is 10.4 Å². The van der Waals surface area contributed by atoms with Gasteiger partial charge in [-0.3, -0.25) is 9.59 Å². The van der Waals surface area contributed by atoms with Crippen LogP contribution >= 0.6 is 11.6 Å². The van der Waals surface area contributed by atoms with Gasteiger partial charge >= 0.3 is 0 Å². The fourth-order valence-electron chi connectivity index (χ4n) is 3.40. The van der Waals surface area contributed by atoms with E-state index < -0.39 is 5.91 Å². The molecule has 4 aromatic rings. The van der Waals surface area contributed by atoms with Crippen molar-refractivity contribution in [2.24, 2.45) is 0 Å².